The fraction of sp³-hybridized carbons (Fsp3) is 0.350. The number of Topliss-reactive ketones (excluding diaryl/α,β-unsaturated/α-hetero) is 1. The first-order valence-corrected chi connectivity index (χ1v) is 8.59. The summed E-state index contributed by atoms with van der Waals surface area (Å²) in [7, 11) is 0. The molecule has 0 amide bonds. The van der Waals surface area contributed by atoms with Crippen LogP contribution in [0.1, 0.15) is 40.7 Å². The maximum absolute atomic E-state index is 12.9. The Hall–Kier alpha value is -2.08. The molecule has 0 aliphatic carbocycles. The molecular weight excluding hydrogens is 321 g/mol. The minimum absolute atomic E-state index is 0.257. The highest BCUT2D eigenvalue weighted by atomic mass is 19.1. The van der Waals surface area contributed by atoms with Crippen LogP contribution in [0.2, 0.25) is 0 Å². The molecule has 1 unspecified atom stereocenters. The number of halogens is 1. The molecule has 132 valence electrons. The molecule has 1 saturated heterocycles. The lowest BCUT2D eigenvalue weighted by Crippen LogP contribution is -2.37. The van der Waals surface area contributed by atoms with Crippen molar-refractivity contribution in [2.24, 2.45) is 0 Å². The number of piperidine rings is 1. The number of nitrogens with zero attached hydrogens (tertiary/aromatic N) is 1. The van der Waals surface area contributed by atoms with Gasteiger partial charge in [-0.05, 0) is 42.5 Å². The van der Waals surface area contributed by atoms with E-state index in [1.54, 1.807) is 29.3 Å². The summed E-state index contributed by atoms with van der Waals surface area (Å²) in [6, 6.07) is 13.4. The van der Waals surface area contributed by atoms with E-state index in [0.717, 1.165) is 43.5 Å². The lowest BCUT2D eigenvalue weighted by Gasteiger charge is -2.27. The number of hydroxylamine groups is 2. The Bertz CT molecular complexity index is 694. The summed E-state index contributed by atoms with van der Waals surface area (Å²) in [6.07, 6.45) is 2.36. The zero-order valence-electron chi connectivity index (χ0n) is 14.0. The Balaban J connectivity index is 1.58. The van der Waals surface area contributed by atoms with Crippen molar-refractivity contribution in [1.29, 1.82) is 0 Å². The average molecular weight is 343 g/mol. The second-order valence-corrected chi connectivity index (χ2v) is 6.31. The minimum atomic E-state index is -1.47. The quantitative estimate of drug-likeness (QED) is 0.646. The standard InChI is InChI=1S/C20H22FNO3/c21-18-10-6-16(7-11-18)14-15-4-8-17(9-5-15)19(23)20(24)25-22-12-2-1-3-13-22/h4-11,20,24H,1-3,12-14H2. The maximum Gasteiger partial charge on any atom is 0.239 e. The molecule has 2 aromatic rings. The highest BCUT2D eigenvalue weighted by Crippen LogP contribution is 2.15. The van der Waals surface area contributed by atoms with Crippen LogP contribution < -0.4 is 0 Å². The number of hydrogen-bond donors (Lipinski definition) is 1. The monoisotopic (exact) mass is 343 g/mol. The molecule has 0 aromatic heterocycles. The van der Waals surface area contributed by atoms with Gasteiger partial charge in [-0.1, -0.05) is 42.8 Å². The fourth-order valence-electron chi connectivity index (χ4n) is 2.93. The van der Waals surface area contributed by atoms with Crippen LogP contribution in [-0.2, 0) is 11.3 Å². The number of rotatable bonds is 6. The third-order valence-corrected chi connectivity index (χ3v) is 4.35. The molecule has 1 heterocycles. The highest BCUT2D eigenvalue weighted by Gasteiger charge is 2.22. The van der Waals surface area contributed by atoms with Gasteiger partial charge in [0.2, 0.25) is 12.1 Å². The predicted octanol–water partition coefficient (Wildman–Crippen LogP) is 3.34. The number of aliphatic hydroxyl groups excluding tert-OH is 1. The zero-order valence-corrected chi connectivity index (χ0v) is 14.0. The van der Waals surface area contributed by atoms with Gasteiger partial charge in [0.15, 0.2) is 0 Å². The van der Waals surface area contributed by atoms with E-state index in [4.69, 9.17) is 4.84 Å². The second kappa shape index (κ2) is 8.34. The van der Waals surface area contributed by atoms with Crippen LogP contribution in [0.5, 0.6) is 0 Å². The van der Waals surface area contributed by atoms with Gasteiger partial charge in [0.1, 0.15) is 5.82 Å². The Morgan fingerprint density at radius 3 is 2.16 bits per heavy atom. The Morgan fingerprint density at radius 2 is 1.56 bits per heavy atom. The molecule has 5 heteroatoms. The Morgan fingerprint density at radius 1 is 1.00 bits per heavy atom. The molecule has 0 radical (unpaired) electrons. The summed E-state index contributed by atoms with van der Waals surface area (Å²) in [5, 5.41) is 11.7. The van der Waals surface area contributed by atoms with Gasteiger partial charge >= 0.3 is 0 Å². The first kappa shape index (κ1) is 17.7. The van der Waals surface area contributed by atoms with Gasteiger partial charge in [-0.15, -0.1) is 0 Å². The van der Waals surface area contributed by atoms with E-state index >= 15 is 0 Å². The molecule has 1 fully saturated rings. The van der Waals surface area contributed by atoms with Crippen LogP contribution in [0, 0.1) is 5.82 Å². The van der Waals surface area contributed by atoms with E-state index in [0.29, 0.717) is 12.0 Å². The van der Waals surface area contributed by atoms with Crippen molar-refractivity contribution < 1.29 is 19.1 Å². The summed E-state index contributed by atoms with van der Waals surface area (Å²) < 4.78 is 12.9. The van der Waals surface area contributed by atoms with E-state index in [1.807, 2.05) is 12.1 Å². The molecule has 3 rings (SSSR count). The number of carbonyl (C=O) groups excluding carboxylic acids is 1. The summed E-state index contributed by atoms with van der Waals surface area (Å²) in [6.45, 7) is 1.47. The van der Waals surface area contributed by atoms with E-state index in [2.05, 4.69) is 0 Å². The predicted molar refractivity (Wildman–Crippen MR) is 92.5 cm³/mol. The molecule has 0 spiro atoms. The molecule has 1 atom stereocenters. The van der Waals surface area contributed by atoms with Crippen molar-refractivity contribution in [3.05, 3.63) is 71.0 Å². The molecular formula is C20H22FNO3. The zero-order chi connectivity index (χ0) is 17.6. The van der Waals surface area contributed by atoms with Crippen LogP contribution >= 0.6 is 0 Å². The van der Waals surface area contributed by atoms with Crippen LogP contribution in [0.15, 0.2) is 48.5 Å². The maximum atomic E-state index is 12.9. The van der Waals surface area contributed by atoms with Crippen molar-refractivity contribution in [2.75, 3.05) is 13.1 Å². The van der Waals surface area contributed by atoms with Gasteiger partial charge in [-0.2, -0.15) is 5.06 Å². The fourth-order valence-corrected chi connectivity index (χ4v) is 2.93. The van der Waals surface area contributed by atoms with Crippen molar-refractivity contribution >= 4 is 5.78 Å². The summed E-state index contributed by atoms with van der Waals surface area (Å²) in [5.74, 6) is -0.703. The number of ketones is 1. The van der Waals surface area contributed by atoms with E-state index in [9.17, 15) is 14.3 Å². The van der Waals surface area contributed by atoms with Gasteiger partial charge in [0.05, 0.1) is 0 Å². The lowest BCUT2D eigenvalue weighted by molar-refractivity contribution is -0.248. The molecule has 2 aromatic carbocycles. The van der Waals surface area contributed by atoms with Gasteiger partial charge in [-0.3, -0.25) is 9.63 Å². The van der Waals surface area contributed by atoms with Gasteiger partial charge in [0, 0.05) is 18.7 Å². The van der Waals surface area contributed by atoms with Crippen molar-refractivity contribution in [3.63, 3.8) is 0 Å². The third kappa shape index (κ3) is 4.95. The number of benzene rings is 2. The SMILES string of the molecule is O=C(c1ccc(Cc2ccc(F)cc2)cc1)C(O)ON1CCCCC1. The number of carbonyl (C=O) groups is 1. The second-order valence-electron chi connectivity index (χ2n) is 6.31. The highest BCUT2D eigenvalue weighted by molar-refractivity contribution is 5.98. The van der Waals surface area contributed by atoms with Gasteiger partial charge in [-0.25, -0.2) is 4.39 Å². The van der Waals surface area contributed by atoms with Gasteiger partial charge in [0.25, 0.3) is 0 Å². The molecule has 1 aliphatic heterocycles. The van der Waals surface area contributed by atoms with Gasteiger partial charge < -0.3 is 5.11 Å². The molecule has 4 nitrogen and oxygen atoms in total. The van der Waals surface area contributed by atoms with E-state index in [1.165, 1.54) is 12.1 Å². The molecule has 25 heavy (non-hydrogen) atoms. The van der Waals surface area contributed by atoms with Crippen molar-refractivity contribution in [1.82, 2.24) is 5.06 Å². The van der Waals surface area contributed by atoms with Crippen LogP contribution in [-0.4, -0.2) is 35.3 Å². The third-order valence-electron chi connectivity index (χ3n) is 4.35. The van der Waals surface area contributed by atoms with Crippen molar-refractivity contribution in [2.45, 2.75) is 32.0 Å². The number of hydrogen-bond acceptors (Lipinski definition) is 4. The Kier molecular flexibility index (Phi) is 5.91. The molecule has 0 bridgehead atoms. The van der Waals surface area contributed by atoms with E-state index < -0.39 is 12.1 Å². The topological polar surface area (TPSA) is 49.8 Å². The average Bonchev–Trinajstić information content (AvgIpc) is 2.64. The summed E-state index contributed by atoms with van der Waals surface area (Å²) in [5.41, 5.74) is 2.41. The summed E-state index contributed by atoms with van der Waals surface area (Å²) >= 11 is 0. The normalized spacial score (nSPS) is 16.6. The van der Waals surface area contributed by atoms with Crippen LogP contribution in [0.3, 0.4) is 0 Å². The number of aliphatic hydroxyl groups is 1. The first-order valence-electron chi connectivity index (χ1n) is 8.59. The summed E-state index contributed by atoms with van der Waals surface area (Å²) in [4.78, 5) is 17.6. The minimum Gasteiger partial charge on any atom is -0.360 e. The molecule has 0 saturated carbocycles. The lowest BCUT2D eigenvalue weighted by atomic mass is 10.0. The van der Waals surface area contributed by atoms with Crippen molar-refractivity contribution in [3.8, 4) is 0 Å². The smallest absolute Gasteiger partial charge is 0.239 e. The Labute approximate surface area is 146 Å². The van der Waals surface area contributed by atoms with Crippen LogP contribution in [0.25, 0.3) is 0 Å². The van der Waals surface area contributed by atoms with Crippen LogP contribution in [0.4, 0.5) is 4.39 Å². The van der Waals surface area contributed by atoms with E-state index in [-0.39, 0.29) is 5.82 Å². The molecule has 1 aliphatic rings. The molecule has 1 N–H and O–H groups in total. The first-order chi connectivity index (χ1) is 12.1. The largest absolute Gasteiger partial charge is 0.360 e.